The maximum atomic E-state index is 12.3. The van der Waals surface area contributed by atoms with Crippen LogP contribution in [0, 0.1) is 5.92 Å². The predicted molar refractivity (Wildman–Crippen MR) is 81.8 cm³/mol. The fourth-order valence-corrected chi connectivity index (χ4v) is 2.87. The quantitative estimate of drug-likeness (QED) is 0.602. The first-order chi connectivity index (χ1) is 9.46. The molecule has 1 N–H and O–H groups in total. The molecule has 1 aliphatic rings. The molecule has 1 rings (SSSR count). The Morgan fingerprint density at radius 3 is 2.40 bits per heavy atom. The van der Waals surface area contributed by atoms with E-state index < -0.39 is 5.54 Å². The largest absolute Gasteiger partial charge is 0.468 e. The lowest BCUT2D eigenvalue weighted by Gasteiger charge is -2.35. The zero-order valence-corrected chi connectivity index (χ0v) is 13.7. The van der Waals surface area contributed by atoms with E-state index in [9.17, 15) is 4.79 Å². The van der Waals surface area contributed by atoms with Gasteiger partial charge in [-0.3, -0.25) is 0 Å². The van der Waals surface area contributed by atoms with Crippen molar-refractivity contribution in [3.63, 3.8) is 0 Å². The Kier molecular flexibility index (Phi) is 6.92. The maximum absolute atomic E-state index is 12.3. The van der Waals surface area contributed by atoms with Crippen LogP contribution in [0.5, 0.6) is 0 Å². The molecule has 0 saturated heterocycles. The van der Waals surface area contributed by atoms with E-state index in [2.05, 4.69) is 36.3 Å². The third kappa shape index (κ3) is 4.72. The molecule has 0 bridgehead atoms. The van der Waals surface area contributed by atoms with Gasteiger partial charge in [0.15, 0.2) is 0 Å². The first-order valence-corrected chi connectivity index (χ1v) is 7.63. The highest BCUT2D eigenvalue weighted by molar-refractivity contribution is 5.82. The summed E-state index contributed by atoms with van der Waals surface area (Å²) < 4.78 is 5.08. The molecule has 1 unspecified atom stereocenters. The number of nitrogens with one attached hydrogen (secondary N) is 1. The molecule has 1 fully saturated rings. The summed E-state index contributed by atoms with van der Waals surface area (Å²) in [6, 6.07) is 0. The minimum Gasteiger partial charge on any atom is -0.468 e. The van der Waals surface area contributed by atoms with Crippen molar-refractivity contribution in [2.75, 3.05) is 54.4 Å². The van der Waals surface area contributed by atoms with Crippen molar-refractivity contribution in [2.45, 2.75) is 31.7 Å². The summed E-state index contributed by atoms with van der Waals surface area (Å²) in [4.78, 5) is 16.7. The minimum atomic E-state index is -0.517. The topological polar surface area (TPSA) is 44.8 Å². The Balaban J connectivity index is 2.61. The van der Waals surface area contributed by atoms with Gasteiger partial charge in [0.25, 0.3) is 0 Å². The van der Waals surface area contributed by atoms with E-state index in [1.54, 1.807) is 0 Å². The van der Waals surface area contributed by atoms with Gasteiger partial charge in [0.2, 0.25) is 0 Å². The third-order valence-corrected chi connectivity index (χ3v) is 3.98. The summed E-state index contributed by atoms with van der Waals surface area (Å²) >= 11 is 0. The number of ether oxygens (including phenoxy) is 1. The summed E-state index contributed by atoms with van der Waals surface area (Å²) in [6.45, 7) is 5.63. The van der Waals surface area contributed by atoms with Crippen LogP contribution in [-0.4, -0.2) is 75.7 Å². The summed E-state index contributed by atoms with van der Waals surface area (Å²) in [6.07, 6.45) is 3.35. The first-order valence-electron chi connectivity index (χ1n) is 7.63. The smallest absolute Gasteiger partial charge is 0.327 e. The van der Waals surface area contributed by atoms with Crippen molar-refractivity contribution in [1.82, 2.24) is 15.1 Å². The molecule has 0 amide bonds. The number of carbonyl (C=O) groups excluding carboxylic acids is 1. The molecule has 0 aromatic rings. The molecule has 0 spiro atoms. The van der Waals surface area contributed by atoms with E-state index in [1.165, 1.54) is 7.11 Å². The van der Waals surface area contributed by atoms with Crippen LogP contribution >= 0.6 is 0 Å². The van der Waals surface area contributed by atoms with E-state index in [-0.39, 0.29) is 5.97 Å². The molecule has 1 atom stereocenters. The Hall–Kier alpha value is -0.650. The normalized spacial score (nSPS) is 18.4. The summed E-state index contributed by atoms with van der Waals surface area (Å²) in [5, 5.41) is 3.41. The molecule has 0 aromatic carbocycles. The van der Waals surface area contributed by atoms with Crippen LogP contribution in [0.3, 0.4) is 0 Å². The average molecular weight is 285 g/mol. The molecule has 118 valence electrons. The number of carbonyl (C=O) groups is 1. The molecule has 1 aliphatic carbocycles. The predicted octanol–water partition coefficient (Wildman–Crippen LogP) is 0.801. The van der Waals surface area contributed by atoms with Crippen LogP contribution in [0.15, 0.2) is 0 Å². The summed E-state index contributed by atoms with van der Waals surface area (Å²) in [5.41, 5.74) is -0.517. The summed E-state index contributed by atoms with van der Waals surface area (Å²) in [5.74, 6) is 0.313. The Morgan fingerprint density at radius 2 is 1.95 bits per heavy atom. The number of nitrogens with zero attached hydrogens (tertiary/aromatic N) is 2. The Bertz CT molecular complexity index is 305. The monoisotopic (exact) mass is 285 g/mol. The lowest BCUT2D eigenvalue weighted by atomic mass is 9.92. The van der Waals surface area contributed by atoms with Gasteiger partial charge >= 0.3 is 5.97 Å². The molecular formula is C15H31N3O2. The number of rotatable bonds is 10. The molecule has 0 aromatic heterocycles. The second kappa shape index (κ2) is 7.96. The van der Waals surface area contributed by atoms with Crippen molar-refractivity contribution < 1.29 is 9.53 Å². The van der Waals surface area contributed by atoms with Crippen molar-refractivity contribution in [3.05, 3.63) is 0 Å². The maximum Gasteiger partial charge on any atom is 0.327 e. The fraction of sp³-hybridized carbons (Fsp3) is 0.933. The first kappa shape index (κ1) is 17.4. The van der Waals surface area contributed by atoms with Gasteiger partial charge in [-0.25, -0.2) is 4.79 Å². The van der Waals surface area contributed by atoms with Gasteiger partial charge in [-0.15, -0.1) is 0 Å². The lowest BCUT2D eigenvalue weighted by molar-refractivity contribution is -0.150. The molecule has 20 heavy (non-hydrogen) atoms. The van der Waals surface area contributed by atoms with Crippen molar-refractivity contribution in [2.24, 2.45) is 5.92 Å². The van der Waals surface area contributed by atoms with Gasteiger partial charge in [0, 0.05) is 6.54 Å². The van der Waals surface area contributed by atoms with Gasteiger partial charge in [0.1, 0.15) is 5.54 Å². The van der Waals surface area contributed by atoms with Crippen LogP contribution in [0.25, 0.3) is 0 Å². The van der Waals surface area contributed by atoms with E-state index in [4.69, 9.17) is 4.74 Å². The van der Waals surface area contributed by atoms with Crippen molar-refractivity contribution >= 4 is 5.97 Å². The van der Waals surface area contributed by atoms with Crippen LogP contribution in [0.1, 0.15) is 26.2 Å². The summed E-state index contributed by atoms with van der Waals surface area (Å²) in [7, 11) is 7.75. The van der Waals surface area contributed by atoms with E-state index >= 15 is 0 Å². The van der Waals surface area contributed by atoms with Gasteiger partial charge in [-0.1, -0.05) is 6.92 Å². The van der Waals surface area contributed by atoms with E-state index in [0.717, 1.165) is 45.4 Å². The van der Waals surface area contributed by atoms with E-state index in [1.807, 2.05) is 6.92 Å². The lowest BCUT2D eigenvalue weighted by Crippen LogP contribution is -2.60. The van der Waals surface area contributed by atoms with Crippen molar-refractivity contribution in [3.8, 4) is 0 Å². The van der Waals surface area contributed by atoms with Crippen LogP contribution < -0.4 is 5.32 Å². The van der Waals surface area contributed by atoms with Gasteiger partial charge in [0.05, 0.1) is 7.11 Å². The highest BCUT2D eigenvalue weighted by Gasteiger charge is 2.51. The second-order valence-electron chi connectivity index (χ2n) is 6.16. The second-order valence-corrected chi connectivity index (χ2v) is 6.16. The van der Waals surface area contributed by atoms with Crippen LogP contribution in [0.2, 0.25) is 0 Å². The van der Waals surface area contributed by atoms with E-state index in [0.29, 0.717) is 5.92 Å². The molecule has 0 radical (unpaired) electrons. The molecule has 5 heteroatoms. The molecule has 1 saturated carbocycles. The standard InChI is InChI=1S/C15H31N3O2/c1-6-16-15(13-8-9-13,14(19)20-5)12-18(4)11-7-10-17(2)3/h13,16H,6-12H2,1-5H3. The Morgan fingerprint density at radius 1 is 1.30 bits per heavy atom. The zero-order valence-electron chi connectivity index (χ0n) is 13.7. The number of likely N-dealkylation sites (N-methyl/N-ethyl adjacent to an activating group) is 2. The number of hydrogen-bond acceptors (Lipinski definition) is 5. The minimum absolute atomic E-state index is 0.110. The number of methoxy groups -OCH3 is 1. The fourth-order valence-electron chi connectivity index (χ4n) is 2.87. The highest BCUT2D eigenvalue weighted by atomic mass is 16.5. The number of esters is 1. The third-order valence-electron chi connectivity index (χ3n) is 3.98. The molecule has 0 aliphatic heterocycles. The molecule has 0 heterocycles. The van der Waals surface area contributed by atoms with Crippen molar-refractivity contribution in [1.29, 1.82) is 0 Å². The SMILES string of the molecule is CCNC(CN(C)CCCN(C)C)(C(=O)OC)C1CC1. The van der Waals surface area contributed by atoms with Crippen LogP contribution in [-0.2, 0) is 9.53 Å². The molecular weight excluding hydrogens is 254 g/mol. The van der Waals surface area contributed by atoms with Gasteiger partial charge in [-0.05, 0) is 66.0 Å². The molecule has 5 nitrogen and oxygen atoms in total. The highest BCUT2D eigenvalue weighted by Crippen LogP contribution is 2.40. The van der Waals surface area contributed by atoms with Gasteiger partial charge in [-0.2, -0.15) is 0 Å². The average Bonchev–Trinajstić information content (AvgIpc) is 3.21. The van der Waals surface area contributed by atoms with Crippen LogP contribution in [0.4, 0.5) is 0 Å². The Labute approximate surface area is 123 Å². The van der Waals surface area contributed by atoms with Gasteiger partial charge < -0.3 is 19.9 Å². The number of hydrogen-bond donors (Lipinski definition) is 1. The zero-order chi connectivity index (χ0) is 15.2.